The van der Waals surface area contributed by atoms with Crippen molar-refractivity contribution < 1.29 is 14.2 Å². The standard InChI is InChI=1S/C37H40N8O4/c1-3-28(2)45-36(46)44(27-40-45)33-10-8-31(9-11-33)41-18-20-42(21-19-41)32-12-14-34(15-13-32)47-24-35-25-48-37(49-35,26-43-17-5-16-39-43)30-7-4-6-29(22-30)23-38/h4-17,22,27-28,35H,3,18-21,24-26H2,1-2H3/t28?,35-,37-/m1/s1. The summed E-state index contributed by atoms with van der Waals surface area (Å²) in [5.41, 5.74) is 4.30. The minimum absolute atomic E-state index is 0.0657. The molecule has 0 saturated carbocycles. The molecule has 49 heavy (non-hydrogen) atoms. The van der Waals surface area contributed by atoms with Gasteiger partial charge in [-0.05, 0) is 80.1 Å². The van der Waals surface area contributed by atoms with Crippen molar-refractivity contribution in [2.45, 2.75) is 44.7 Å². The summed E-state index contributed by atoms with van der Waals surface area (Å²) in [5, 5.41) is 18.1. The largest absolute Gasteiger partial charge is 0.491 e. The third-order valence-electron chi connectivity index (χ3n) is 9.33. The second-order valence-electron chi connectivity index (χ2n) is 12.5. The van der Waals surface area contributed by atoms with Gasteiger partial charge < -0.3 is 24.0 Å². The Labute approximate surface area is 285 Å². The molecule has 7 rings (SSSR count). The minimum Gasteiger partial charge on any atom is -0.491 e. The van der Waals surface area contributed by atoms with Crippen LogP contribution in [-0.2, 0) is 21.8 Å². The van der Waals surface area contributed by atoms with Crippen LogP contribution in [-0.4, -0.2) is 69.6 Å². The zero-order chi connectivity index (χ0) is 33.8. The van der Waals surface area contributed by atoms with Gasteiger partial charge in [0, 0.05) is 55.5 Å². The Balaban J connectivity index is 0.924. The lowest BCUT2D eigenvalue weighted by Gasteiger charge is -2.37. The Hall–Kier alpha value is -5.38. The van der Waals surface area contributed by atoms with E-state index in [0.717, 1.165) is 61.0 Å². The summed E-state index contributed by atoms with van der Waals surface area (Å²) in [6.45, 7) is 8.64. The fraction of sp³-hybridized carbons (Fsp3) is 0.351. The van der Waals surface area contributed by atoms with Gasteiger partial charge in [0.15, 0.2) is 0 Å². The van der Waals surface area contributed by atoms with Crippen molar-refractivity contribution in [3.05, 3.63) is 119 Å². The highest BCUT2D eigenvalue weighted by Gasteiger charge is 2.44. The topological polar surface area (TPSA) is 116 Å². The van der Waals surface area contributed by atoms with E-state index < -0.39 is 5.79 Å². The molecule has 0 radical (unpaired) electrons. The van der Waals surface area contributed by atoms with Crippen LogP contribution in [0.15, 0.2) is 102 Å². The zero-order valence-corrected chi connectivity index (χ0v) is 27.8. The molecule has 12 nitrogen and oxygen atoms in total. The van der Waals surface area contributed by atoms with Crippen LogP contribution in [0.2, 0.25) is 0 Å². The van der Waals surface area contributed by atoms with Crippen molar-refractivity contribution >= 4 is 11.4 Å². The van der Waals surface area contributed by atoms with Crippen LogP contribution in [0.1, 0.15) is 37.4 Å². The number of ether oxygens (including phenoxy) is 3. The number of aromatic nitrogens is 5. The fourth-order valence-electron chi connectivity index (χ4n) is 6.36. The lowest BCUT2D eigenvalue weighted by Crippen LogP contribution is -2.46. The Morgan fingerprint density at radius 1 is 0.959 bits per heavy atom. The van der Waals surface area contributed by atoms with E-state index in [4.69, 9.17) is 14.2 Å². The number of hydrogen-bond donors (Lipinski definition) is 0. The third-order valence-corrected chi connectivity index (χ3v) is 9.33. The molecule has 2 aromatic heterocycles. The van der Waals surface area contributed by atoms with E-state index >= 15 is 0 Å². The van der Waals surface area contributed by atoms with Gasteiger partial charge in [-0.15, -0.1) is 0 Å². The molecule has 3 atom stereocenters. The van der Waals surface area contributed by atoms with Crippen molar-refractivity contribution in [3.63, 3.8) is 0 Å². The maximum atomic E-state index is 12.8. The lowest BCUT2D eigenvalue weighted by molar-refractivity contribution is -0.190. The molecule has 0 N–H and O–H groups in total. The molecule has 5 aromatic rings. The number of piperazine rings is 1. The Kier molecular flexibility index (Phi) is 9.19. The van der Waals surface area contributed by atoms with Gasteiger partial charge in [-0.25, -0.2) is 14.0 Å². The summed E-state index contributed by atoms with van der Waals surface area (Å²) in [4.78, 5) is 17.6. The van der Waals surface area contributed by atoms with E-state index in [-0.39, 0.29) is 17.8 Å². The van der Waals surface area contributed by atoms with Gasteiger partial charge in [-0.1, -0.05) is 19.1 Å². The molecule has 3 aromatic carbocycles. The van der Waals surface area contributed by atoms with Crippen molar-refractivity contribution in [3.8, 4) is 17.5 Å². The van der Waals surface area contributed by atoms with Crippen molar-refractivity contribution in [1.29, 1.82) is 5.26 Å². The van der Waals surface area contributed by atoms with E-state index in [9.17, 15) is 10.1 Å². The van der Waals surface area contributed by atoms with E-state index in [1.54, 1.807) is 38.6 Å². The van der Waals surface area contributed by atoms with Crippen LogP contribution in [0.25, 0.3) is 5.69 Å². The fourth-order valence-corrected chi connectivity index (χ4v) is 6.36. The second-order valence-corrected chi connectivity index (χ2v) is 12.5. The normalized spacial score (nSPS) is 19.9. The summed E-state index contributed by atoms with van der Waals surface area (Å²) < 4.78 is 23.8. The molecule has 12 heteroatoms. The smallest absolute Gasteiger partial charge is 0.350 e. The first kappa shape index (κ1) is 32.2. The number of benzene rings is 3. The lowest BCUT2D eigenvalue weighted by atomic mass is 10.0. The summed E-state index contributed by atoms with van der Waals surface area (Å²) in [6.07, 6.45) is 5.73. The van der Waals surface area contributed by atoms with Crippen LogP contribution in [0.4, 0.5) is 11.4 Å². The first-order valence-corrected chi connectivity index (χ1v) is 16.7. The summed E-state index contributed by atoms with van der Waals surface area (Å²) in [7, 11) is 0. The van der Waals surface area contributed by atoms with Crippen molar-refractivity contribution in [2.24, 2.45) is 0 Å². The molecular formula is C37H40N8O4. The minimum atomic E-state index is -1.07. The maximum absolute atomic E-state index is 12.8. The maximum Gasteiger partial charge on any atom is 0.350 e. The predicted octanol–water partition coefficient (Wildman–Crippen LogP) is 4.75. The van der Waals surface area contributed by atoms with Gasteiger partial charge in [0.1, 0.15) is 24.8 Å². The highest BCUT2D eigenvalue weighted by molar-refractivity contribution is 5.54. The summed E-state index contributed by atoms with van der Waals surface area (Å²) >= 11 is 0. The number of anilines is 2. The molecule has 2 fully saturated rings. The molecule has 0 aliphatic carbocycles. The van der Waals surface area contributed by atoms with Gasteiger partial charge in [-0.2, -0.15) is 15.5 Å². The first-order valence-electron chi connectivity index (χ1n) is 16.7. The number of nitriles is 1. The third kappa shape index (κ3) is 6.81. The average Bonchev–Trinajstić information content (AvgIpc) is 3.92. The quantitative estimate of drug-likeness (QED) is 0.198. The molecule has 2 aliphatic rings. The molecule has 0 spiro atoms. The van der Waals surface area contributed by atoms with Gasteiger partial charge in [0.2, 0.25) is 5.79 Å². The molecule has 2 aliphatic heterocycles. The summed E-state index contributed by atoms with van der Waals surface area (Å²) in [6, 6.07) is 27.7. The Bertz CT molecular complexity index is 1940. The Morgan fingerprint density at radius 2 is 1.65 bits per heavy atom. The van der Waals surface area contributed by atoms with Crippen LogP contribution < -0.4 is 20.2 Å². The molecule has 0 amide bonds. The molecule has 2 saturated heterocycles. The van der Waals surface area contributed by atoms with Crippen LogP contribution >= 0.6 is 0 Å². The van der Waals surface area contributed by atoms with Gasteiger partial charge >= 0.3 is 5.69 Å². The molecule has 252 valence electrons. The highest BCUT2D eigenvalue weighted by Crippen LogP contribution is 2.37. The first-order chi connectivity index (χ1) is 23.9. The molecule has 1 unspecified atom stereocenters. The summed E-state index contributed by atoms with van der Waals surface area (Å²) in [5.74, 6) is -0.312. The van der Waals surface area contributed by atoms with E-state index in [0.29, 0.717) is 25.3 Å². The van der Waals surface area contributed by atoms with Gasteiger partial charge in [0.25, 0.3) is 0 Å². The monoisotopic (exact) mass is 660 g/mol. The zero-order valence-electron chi connectivity index (χ0n) is 27.8. The van der Waals surface area contributed by atoms with Crippen LogP contribution in [0.5, 0.6) is 5.75 Å². The number of rotatable bonds is 11. The van der Waals surface area contributed by atoms with E-state index in [2.05, 4.69) is 50.3 Å². The van der Waals surface area contributed by atoms with E-state index in [1.807, 2.05) is 62.5 Å². The second kappa shape index (κ2) is 14.0. The molecule has 4 heterocycles. The molecular weight excluding hydrogens is 620 g/mol. The number of hydrogen-bond acceptors (Lipinski definition) is 9. The van der Waals surface area contributed by atoms with Crippen LogP contribution in [0.3, 0.4) is 0 Å². The number of nitrogens with zero attached hydrogens (tertiary/aromatic N) is 8. The van der Waals surface area contributed by atoms with E-state index in [1.165, 1.54) is 0 Å². The highest BCUT2D eigenvalue weighted by atomic mass is 16.8. The molecule has 0 bridgehead atoms. The SMILES string of the molecule is CCC(C)n1ncn(-c2ccc(N3CCN(c4ccc(OC[C@@H]5CO[C@@](Cn6cccn6)(c6cccc(C#N)c6)O5)cc4)CC3)cc2)c1=O. The predicted molar refractivity (Wildman–Crippen MR) is 185 cm³/mol. The Morgan fingerprint density at radius 3 is 2.31 bits per heavy atom. The van der Waals surface area contributed by atoms with Crippen molar-refractivity contribution in [1.82, 2.24) is 24.1 Å². The van der Waals surface area contributed by atoms with Gasteiger partial charge in [0.05, 0.1) is 36.5 Å². The van der Waals surface area contributed by atoms with Crippen LogP contribution in [0, 0.1) is 11.3 Å². The van der Waals surface area contributed by atoms with Gasteiger partial charge in [-0.3, -0.25) is 4.68 Å². The van der Waals surface area contributed by atoms with Crippen molar-refractivity contribution in [2.75, 3.05) is 49.2 Å². The average molecular weight is 661 g/mol.